The summed E-state index contributed by atoms with van der Waals surface area (Å²) in [5.74, 6) is 0.0647. The van der Waals surface area contributed by atoms with Crippen molar-refractivity contribution in [3.05, 3.63) is 87.1 Å². The Labute approximate surface area is 168 Å². The van der Waals surface area contributed by atoms with Gasteiger partial charge in [-0.25, -0.2) is 0 Å². The van der Waals surface area contributed by atoms with Gasteiger partial charge in [-0.2, -0.15) is 0 Å². The van der Waals surface area contributed by atoms with Crippen molar-refractivity contribution in [3.8, 4) is 0 Å². The molecule has 3 aromatic rings. The molecule has 0 bridgehead atoms. The molecule has 0 unspecified atom stereocenters. The first-order chi connectivity index (χ1) is 13.6. The highest BCUT2D eigenvalue weighted by molar-refractivity contribution is 7.10. The third-order valence-electron chi connectivity index (χ3n) is 4.99. The van der Waals surface area contributed by atoms with E-state index in [-0.39, 0.29) is 11.8 Å². The number of thiophene rings is 1. The van der Waals surface area contributed by atoms with Gasteiger partial charge >= 0.3 is 0 Å². The maximum Gasteiger partial charge on any atom is 0.258 e. The molecule has 0 fully saturated rings. The summed E-state index contributed by atoms with van der Waals surface area (Å²) in [6.45, 7) is 3.21. The molecule has 0 radical (unpaired) electrons. The van der Waals surface area contributed by atoms with Crippen LogP contribution in [-0.2, 0) is 24.2 Å². The smallest absolute Gasteiger partial charge is 0.258 e. The van der Waals surface area contributed by atoms with Crippen molar-refractivity contribution in [3.63, 3.8) is 0 Å². The Morgan fingerprint density at radius 1 is 1.11 bits per heavy atom. The number of hydrogen-bond acceptors (Lipinski definition) is 3. The molecule has 2 heterocycles. The highest BCUT2D eigenvalue weighted by Gasteiger charge is 2.25. The van der Waals surface area contributed by atoms with Crippen LogP contribution in [-0.4, -0.2) is 18.4 Å². The molecule has 0 saturated carbocycles. The Morgan fingerprint density at radius 2 is 1.93 bits per heavy atom. The van der Waals surface area contributed by atoms with Crippen LogP contribution in [0.15, 0.2) is 60.0 Å². The molecule has 0 atom stereocenters. The van der Waals surface area contributed by atoms with E-state index >= 15 is 0 Å². The lowest BCUT2D eigenvalue weighted by Crippen LogP contribution is -2.28. The molecule has 2 amide bonds. The summed E-state index contributed by atoms with van der Waals surface area (Å²) in [6.07, 6.45) is 1.26. The minimum absolute atomic E-state index is 0.0270. The molecule has 28 heavy (non-hydrogen) atoms. The van der Waals surface area contributed by atoms with Gasteiger partial charge < -0.3 is 10.2 Å². The molecular formula is C23H22N2O2S. The van der Waals surface area contributed by atoms with Gasteiger partial charge in [-0.3, -0.25) is 9.59 Å². The van der Waals surface area contributed by atoms with Crippen LogP contribution >= 0.6 is 11.3 Å². The van der Waals surface area contributed by atoms with Crippen LogP contribution < -0.4 is 10.2 Å². The quantitative estimate of drug-likeness (QED) is 0.712. The normalized spacial score (nSPS) is 12.7. The van der Waals surface area contributed by atoms with Crippen LogP contribution in [0, 0.1) is 6.92 Å². The average molecular weight is 391 g/mol. The molecule has 1 aromatic heterocycles. The molecule has 142 valence electrons. The number of amides is 2. The highest BCUT2D eigenvalue weighted by atomic mass is 32.1. The number of fused-ring (bicyclic) bond motifs is 1. The fraction of sp³-hybridized carbons (Fsp3) is 0.217. The monoisotopic (exact) mass is 390 g/mol. The highest BCUT2D eigenvalue weighted by Crippen LogP contribution is 2.30. The fourth-order valence-electron chi connectivity index (χ4n) is 3.46. The average Bonchev–Trinajstić information content (AvgIpc) is 3.35. The standard InChI is InChI=1S/C23H22N2O2S/c1-16-4-7-18(8-5-16)23(27)25-11-10-19-13-17(6-9-21(19)25)15-24-22(26)14-20-3-2-12-28-20/h2-9,12-13H,10-11,14-15H2,1H3,(H,24,26). The molecule has 4 rings (SSSR count). The van der Waals surface area contributed by atoms with Gasteiger partial charge in [-0.05, 0) is 54.1 Å². The summed E-state index contributed by atoms with van der Waals surface area (Å²) in [5.41, 5.74) is 5.04. The van der Waals surface area contributed by atoms with Gasteiger partial charge in [0.05, 0.1) is 6.42 Å². The summed E-state index contributed by atoms with van der Waals surface area (Å²) in [4.78, 5) is 27.8. The van der Waals surface area contributed by atoms with Crippen molar-refractivity contribution in [1.82, 2.24) is 5.32 Å². The summed E-state index contributed by atoms with van der Waals surface area (Å²) < 4.78 is 0. The summed E-state index contributed by atoms with van der Waals surface area (Å²) in [5, 5.41) is 4.96. The van der Waals surface area contributed by atoms with Gasteiger partial charge in [0.2, 0.25) is 5.91 Å². The lowest BCUT2D eigenvalue weighted by atomic mass is 10.1. The van der Waals surface area contributed by atoms with Crippen LogP contribution in [0.3, 0.4) is 0 Å². The summed E-state index contributed by atoms with van der Waals surface area (Å²) in [7, 11) is 0. The molecule has 0 aliphatic carbocycles. The fourth-order valence-corrected chi connectivity index (χ4v) is 4.17. The number of benzene rings is 2. The Morgan fingerprint density at radius 3 is 2.68 bits per heavy atom. The third kappa shape index (κ3) is 3.99. The van der Waals surface area contributed by atoms with E-state index in [0.29, 0.717) is 25.1 Å². The van der Waals surface area contributed by atoms with E-state index in [1.165, 1.54) is 0 Å². The van der Waals surface area contributed by atoms with Gasteiger partial charge in [-0.1, -0.05) is 35.9 Å². The van der Waals surface area contributed by atoms with Gasteiger partial charge in [0.15, 0.2) is 0 Å². The van der Waals surface area contributed by atoms with Crippen molar-refractivity contribution in [2.45, 2.75) is 26.3 Å². The first kappa shape index (κ1) is 18.4. The maximum atomic E-state index is 12.8. The van der Waals surface area contributed by atoms with E-state index in [9.17, 15) is 9.59 Å². The third-order valence-corrected chi connectivity index (χ3v) is 5.86. The lowest BCUT2D eigenvalue weighted by molar-refractivity contribution is -0.120. The molecule has 4 nitrogen and oxygen atoms in total. The van der Waals surface area contributed by atoms with Crippen LogP contribution in [0.2, 0.25) is 0 Å². The predicted octanol–water partition coefficient (Wildman–Crippen LogP) is 4.12. The van der Waals surface area contributed by atoms with Crippen molar-refractivity contribution in [2.75, 3.05) is 11.4 Å². The zero-order valence-corrected chi connectivity index (χ0v) is 16.6. The molecular weight excluding hydrogens is 368 g/mol. The largest absolute Gasteiger partial charge is 0.352 e. The Balaban J connectivity index is 1.41. The minimum Gasteiger partial charge on any atom is -0.352 e. The number of carbonyl (C=O) groups excluding carboxylic acids is 2. The predicted molar refractivity (Wildman–Crippen MR) is 113 cm³/mol. The van der Waals surface area contributed by atoms with E-state index in [1.54, 1.807) is 11.3 Å². The Kier molecular flexibility index (Phi) is 5.26. The number of hydrogen-bond donors (Lipinski definition) is 1. The second kappa shape index (κ2) is 7.98. The van der Waals surface area contributed by atoms with Crippen LogP contribution in [0.4, 0.5) is 5.69 Å². The van der Waals surface area contributed by atoms with E-state index in [1.807, 2.05) is 65.7 Å². The lowest BCUT2D eigenvalue weighted by Gasteiger charge is -2.18. The molecule has 1 N–H and O–H groups in total. The zero-order chi connectivity index (χ0) is 19.5. The maximum absolute atomic E-state index is 12.8. The van der Waals surface area contributed by atoms with Gasteiger partial charge in [0, 0.05) is 29.2 Å². The molecule has 1 aliphatic rings. The molecule has 0 saturated heterocycles. The van der Waals surface area contributed by atoms with Crippen LogP contribution in [0.1, 0.15) is 31.9 Å². The first-order valence-electron chi connectivity index (χ1n) is 9.39. The second-order valence-electron chi connectivity index (χ2n) is 7.07. The second-order valence-corrected chi connectivity index (χ2v) is 8.10. The van der Waals surface area contributed by atoms with Crippen molar-refractivity contribution in [2.24, 2.45) is 0 Å². The summed E-state index contributed by atoms with van der Waals surface area (Å²) in [6, 6.07) is 17.7. The number of anilines is 1. The summed E-state index contributed by atoms with van der Waals surface area (Å²) >= 11 is 1.59. The van der Waals surface area contributed by atoms with E-state index in [4.69, 9.17) is 0 Å². The van der Waals surface area contributed by atoms with E-state index < -0.39 is 0 Å². The number of aryl methyl sites for hydroxylation is 1. The van der Waals surface area contributed by atoms with E-state index in [0.717, 1.165) is 33.7 Å². The SMILES string of the molecule is Cc1ccc(C(=O)N2CCc3cc(CNC(=O)Cc4cccs4)ccc32)cc1. The Hall–Kier alpha value is -2.92. The van der Waals surface area contributed by atoms with Gasteiger partial charge in [0.25, 0.3) is 5.91 Å². The minimum atomic E-state index is 0.0270. The van der Waals surface area contributed by atoms with Crippen LogP contribution in [0.25, 0.3) is 0 Å². The molecule has 5 heteroatoms. The zero-order valence-electron chi connectivity index (χ0n) is 15.8. The number of nitrogens with zero attached hydrogens (tertiary/aromatic N) is 1. The topological polar surface area (TPSA) is 49.4 Å². The molecule has 0 spiro atoms. The number of carbonyl (C=O) groups is 2. The van der Waals surface area contributed by atoms with Crippen LogP contribution in [0.5, 0.6) is 0 Å². The van der Waals surface area contributed by atoms with E-state index in [2.05, 4.69) is 11.4 Å². The number of nitrogens with one attached hydrogen (secondary N) is 1. The Bertz CT molecular complexity index is 994. The van der Waals surface area contributed by atoms with Crippen molar-refractivity contribution >= 4 is 28.8 Å². The number of rotatable bonds is 5. The molecule has 1 aliphatic heterocycles. The van der Waals surface area contributed by atoms with Gasteiger partial charge in [0.1, 0.15) is 0 Å². The molecule has 2 aromatic carbocycles. The van der Waals surface area contributed by atoms with Crippen molar-refractivity contribution < 1.29 is 9.59 Å². The first-order valence-corrected chi connectivity index (χ1v) is 10.3. The van der Waals surface area contributed by atoms with Gasteiger partial charge in [-0.15, -0.1) is 11.3 Å². The van der Waals surface area contributed by atoms with Crippen molar-refractivity contribution in [1.29, 1.82) is 0 Å².